The number of carbonyl (C=O) groups is 1. The zero-order valence-electron chi connectivity index (χ0n) is 11.9. The summed E-state index contributed by atoms with van der Waals surface area (Å²) in [6.45, 7) is 2.04. The van der Waals surface area contributed by atoms with Gasteiger partial charge in [0, 0.05) is 21.9 Å². The molecule has 0 saturated carbocycles. The first-order valence-corrected chi connectivity index (χ1v) is 8.43. The number of carboxylic acids is 1. The van der Waals surface area contributed by atoms with Crippen LogP contribution in [0.5, 0.6) is 0 Å². The molecule has 1 aliphatic rings. The van der Waals surface area contributed by atoms with Crippen molar-refractivity contribution >= 4 is 40.5 Å². The van der Waals surface area contributed by atoms with Gasteiger partial charge in [0.05, 0.1) is 21.3 Å². The molecule has 3 aromatic rings. The number of nitrogens with zero attached hydrogens (tertiary/aromatic N) is 2. The Morgan fingerprint density at radius 2 is 2.13 bits per heavy atom. The Hall–Kier alpha value is -1.82. The molecule has 4 nitrogen and oxygen atoms in total. The van der Waals surface area contributed by atoms with Crippen molar-refractivity contribution in [3.05, 3.63) is 56.0 Å². The van der Waals surface area contributed by atoms with E-state index in [0.29, 0.717) is 22.2 Å². The molecule has 0 saturated heterocycles. The van der Waals surface area contributed by atoms with Crippen molar-refractivity contribution in [1.29, 1.82) is 0 Å². The highest BCUT2D eigenvalue weighted by molar-refractivity contribution is 7.15. The summed E-state index contributed by atoms with van der Waals surface area (Å²) >= 11 is 13.9. The van der Waals surface area contributed by atoms with Crippen LogP contribution in [0.1, 0.15) is 26.5 Å². The minimum Gasteiger partial charge on any atom is -0.476 e. The van der Waals surface area contributed by atoms with Gasteiger partial charge in [-0.1, -0.05) is 23.2 Å². The highest BCUT2D eigenvalue weighted by Crippen LogP contribution is 2.45. The van der Waals surface area contributed by atoms with Crippen LogP contribution in [0.15, 0.2) is 24.3 Å². The van der Waals surface area contributed by atoms with Crippen molar-refractivity contribution in [3.63, 3.8) is 0 Å². The minimum atomic E-state index is -1.03. The van der Waals surface area contributed by atoms with Gasteiger partial charge in [-0.05, 0) is 36.8 Å². The number of rotatable bonds is 2. The fraction of sp³-hybridized carbons (Fsp3) is 0.125. The molecule has 1 aromatic carbocycles. The van der Waals surface area contributed by atoms with Crippen molar-refractivity contribution in [3.8, 4) is 16.3 Å². The van der Waals surface area contributed by atoms with E-state index in [1.807, 2.05) is 6.92 Å². The predicted molar refractivity (Wildman–Crippen MR) is 91.4 cm³/mol. The molecular weight excluding hydrogens is 355 g/mol. The van der Waals surface area contributed by atoms with Gasteiger partial charge in [-0.25, -0.2) is 9.48 Å². The number of carboxylic acid groups (broad SMARTS) is 1. The molecule has 7 heteroatoms. The second-order valence-electron chi connectivity index (χ2n) is 5.38. The summed E-state index contributed by atoms with van der Waals surface area (Å²) in [6.07, 6.45) is 0.585. The van der Waals surface area contributed by atoms with Gasteiger partial charge < -0.3 is 5.11 Å². The maximum absolute atomic E-state index is 11.6. The van der Waals surface area contributed by atoms with Gasteiger partial charge in [-0.3, -0.25) is 0 Å². The van der Waals surface area contributed by atoms with Crippen molar-refractivity contribution in [1.82, 2.24) is 9.78 Å². The number of thiophene rings is 1. The fourth-order valence-corrected chi connectivity index (χ4v) is 4.52. The van der Waals surface area contributed by atoms with Gasteiger partial charge >= 0.3 is 5.97 Å². The number of aromatic nitrogens is 2. The fourth-order valence-electron chi connectivity index (χ4n) is 2.94. The molecule has 1 aliphatic carbocycles. The molecule has 0 amide bonds. The normalized spacial score (nSPS) is 12.3. The van der Waals surface area contributed by atoms with Crippen LogP contribution in [0.25, 0.3) is 16.3 Å². The highest BCUT2D eigenvalue weighted by atomic mass is 35.5. The van der Waals surface area contributed by atoms with Crippen LogP contribution in [0.3, 0.4) is 0 Å². The number of halogens is 2. The van der Waals surface area contributed by atoms with E-state index in [0.717, 1.165) is 21.7 Å². The summed E-state index contributed by atoms with van der Waals surface area (Å²) < 4.78 is 1.62. The number of aryl methyl sites for hydroxylation is 1. The van der Waals surface area contributed by atoms with E-state index in [4.69, 9.17) is 23.2 Å². The molecule has 23 heavy (non-hydrogen) atoms. The Bertz CT molecular complexity index is 975. The summed E-state index contributed by atoms with van der Waals surface area (Å²) in [6, 6.07) is 7.19. The number of fused-ring (bicyclic) bond motifs is 3. The molecule has 0 fully saturated rings. The molecule has 0 unspecified atom stereocenters. The molecular formula is C16H10Cl2N2O2S. The number of benzene rings is 1. The predicted octanol–water partition coefficient (Wildman–Crippen LogP) is 4.82. The van der Waals surface area contributed by atoms with Crippen LogP contribution in [-0.2, 0) is 6.42 Å². The monoisotopic (exact) mass is 364 g/mol. The van der Waals surface area contributed by atoms with E-state index < -0.39 is 5.97 Å². The molecule has 0 atom stereocenters. The SMILES string of the molecule is Cc1cc2c(s1)-c1c(c(C(=O)O)nn1-c1ccc(Cl)cc1Cl)C2. The average Bonchev–Trinajstić information content (AvgIpc) is 3.08. The van der Waals surface area contributed by atoms with Crippen molar-refractivity contribution in [2.24, 2.45) is 0 Å². The lowest BCUT2D eigenvalue weighted by molar-refractivity contribution is 0.0689. The summed E-state index contributed by atoms with van der Waals surface area (Å²) in [7, 11) is 0. The molecule has 2 aromatic heterocycles. The van der Waals surface area contributed by atoms with Crippen LogP contribution < -0.4 is 0 Å². The molecule has 0 aliphatic heterocycles. The van der Waals surface area contributed by atoms with Gasteiger partial charge in [0.2, 0.25) is 0 Å². The molecule has 1 N–H and O–H groups in total. The third kappa shape index (κ3) is 2.19. The van der Waals surface area contributed by atoms with E-state index in [1.54, 1.807) is 34.2 Å². The van der Waals surface area contributed by atoms with E-state index in [1.165, 1.54) is 4.88 Å². The highest BCUT2D eigenvalue weighted by Gasteiger charge is 2.32. The van der Waals surface area contributed by atoms with Gasteiger partial charge in [0.1, 0.15) is 0 Å². The van der Waals surface area contributed by atoms with Crippen LogP contribution >= 0.6 is 34.5 Å². The van der Waals surface area contributed by atoms with Crippen LogP contribution in [0, 0.1) is 6.92 Å². The molecule has 2 heterocycles. The second-order valence-corrected chi connectivity index (χ2v) is 7.48. The molecule has 4 rings (SSSR count). The quantitative estimate of drug-likeness (QED) is 0.554. The van der Waals surface area contributed by atoms with Crippen molar-refractivity contribution in [2.45, 2.75) is 13.3 Å². The van der Waals surface area contributed by atoms with Gasteiger partial charge in [0.15, 0.2) is 5.69 Å². The zero-order chi connectivity index (χ0) is 16.3. The molecule has 116 valence electrons. The van der Waals surface area contributed by atoms with Crippen LogP contribution in [-0.4, -0.2) is 20.9 Å². The van der Waals surface area contributed by atoms with E-state index in [-0.39, 0.29) is 5.69 Å². The van der Waals surface area contributed by atoms with E-state index >= 15 is 0 Å². The van der Waals surface area contributed by atoms with Crippen molar-refractivity contribution in [2.75, 3.05) is 0 Å². The molecule has 0 spiro atoms. The number of aromatic carboxylic acids is 1. The minimum absolute atomic E-state index is 0.0760. The Balaban J connectivity index is 2.02. The third-order valence-electron chi connectivity index (χ3n) is 3.84. The summed E-state index contributed by atoms with van der Waals surface area (Å²) in [5, 5.41) is 14.7. The van der Waals surface area contributed by atoms with E-state index in [2.05, 4.69) is 11.2 Å². The lowest BCUT2D eigenvalue weighted by atomic mass is 10.1. The maximum atomic E-state index is 11.6. The van der Waals surface area contributed by atoms with E-state index in [9.17, 15) is 9.90 Å². The standard InChI is InChI=1S/C16H10Cl2N2O2S/c1-7-4-8-5-10-13(16(21)22)19-20(14(10)15(8)23-7)12-3-2-9(17)6-11(12)18/h2-4,6H,5H2,1H3,(H,21,22). The van der Waals surface area contributed by atoms with Crippen molar-refractivity contribution < 1.29 is 9.90 Å². The summed E-state index contributed by atoms with van der Waals surface area (Å²) in [5.41, 5.74) is 3.40. The number of hydrogen-bond acceptors (Lipinski definition) is 3. The Kier molecular flexibility index (Phi) is 3.27. The lowest BCUT2D eigenvalue weighted by Gasteiger charge is -2.08. The van der Waals surface area contributed by atoms with Crippen LogP contribution in [0.4, 0.5) is 0 Å². The first kappa shape index (κ1) is 14.8. The van der Waals surface area contributed by atoms with Gasteiger partial charge in [-0.2, -0.15) is 5.10 Å². The van der Waals surface area contributed by atoms with Gasteiger partial charge in [0.25, 0.3) is 0 Å². The van der Waals surface area contributed by atoms with Crippen LogP contribution in [0.2, 0.25) is 10.0 Å². The Morgan fingerprint density at radius 1 is 1.35 bits per heavy atom. The lowest BCUT2D eigenvalue weighted by Crippen LogP contribution is -2.04. The average molecular weight is 365 g/mol. The summed E-state index contributed by atoms with van der Waals surface area (Å²) in [5.74, 6) is -1.03. The van der Waals surface area contributed by atoms with Gasteiger partial charge in [-0.15, -0.1) is 11.3 Å². The maximum Gasteiger partial charge on any atom is 0.356 e. The summed E-state index contributed by atoms with van der Waals surface area (Å²) in [4.78, 5) is 13.8. The Morgan fingerprint density at radius 3 is 2.83 bits per heavy atom. The molecule has 0 radical (unpaired) electrons. The Labute approximate surface area is 145 Å². The topological polar surface area (TPSA) is 55.1 Å². The largest absolute Gasteiger partial charge is 0.476 e. The smallest absolute Gasteiger partial charge is 0.356 e. The number of hydrogen-bond donors (Lipinski definition) is 1. The first-order chi connectivity index (χ1) is 11.0. The zero-order valence-corrected chi connectivity index (χ0v) is 14.3. The first-order valence-electron chi connectivity index (χ1n) is 6.86. The third-order valence-corrected chi connectivity index (χ3v) is 5.48. The second kappa shape index (κ2) is 5.09. The molecule has 0 bridgehead atoms.